The van der Waals surface area contributed by atoms with Gasteiger partial charge in [-0.1, -0.05) is 23.7 Å². The number of rotatable bonds is 3. The monoisotopic (exact) mass is 295 g/mol. The van der Waals surface area contributed by atoms with E-state index in [0.29, 0.717) is 11.1 Å². The van der Waals surface area contributed by atoms with Crippen molar-refractivity contribution in [2.45, 2.75) is 13.5 Å². The molecule has 5 heteroatoms. The number of carbonyl (C=O) groups is 1. The Balaban J connectivity index is 2.06. The molecule has 0 radical (unpaired) electrons. The fourth-order valence-corrected chi connectivity index (χ4v) is 1.95. The van der Waals surface area contributed by atoms with E-state index < -0.39 is 11.7 Å². The molecule has 0 heterocycles. The van der Waals surface area contributed by atoms with Crippen LogP contribution in [0.4, 0.5) is 8.78 Å². The van der Waals surface area contributed by atoms with Gasteiger partial charge >= 0.3 is 0 Å². The molecule has 0 aliphatic carbocycles. The minimum atomic E-state index is -0.507. The zero-order chi connectivity index (χ0) is 14.7. The third-order valence-corrected chi connectivity index (χ3v) is 3.18. The first-order valence-corrected chi connectivity index (χ1v) is 6.33. The van der Waals surface area contributed by atoms with Crippen molar-refractivity contribution in [1.29, 1.82) is 0 Å². The van der Waals surface area contributed by atoms with Crippen LogP contribution < -0.4 is 5.32 Å². The summed E-state index contributed by atoms with van der Waals surface area (Å²) in [6.07, 6.45) is 0. The molecule has 1 amide bonds. The van der Waals surface area contributed by atoms with Crippen LogP contribution in [0.2, 0.25) is 5.02 Å². The first kappa shape index (κ1) is 14.5. The second kappa shape index (κ2) is 6.01. The summed E-state index contributed by atoms with van der Waals surface area (Å²) in [5.74, 6) is -1.26. The Morgan fingerprint density at radius 3 is 2.60 bits per heavy atom. The summed E-state index contributed by atoms with van der Waals surface area (Å²) in [7, 11) is 0. The van der Waals surface area contributed by atoms with Gasteiger partial charge in [0, 0.05) is 6.54 Å². The van der Waals surface area contributed by atoms with Gasteiger partial charge in [0.05, 0.1) is 10.6 Å². The predicted molar refractivity (Wildman–Crippen MR) is 73.7 cm³/mol. The van der Waals surface area contributed by atoms with Gasteiger partial charge in [0.1, 0.15) is 11.6 Å². The number of carbonyl (C=O) groups excluding carboxylic acids is 1. The van der Waals surface area contributed by atoms with Crippen LogP contribution in [0.15, 0.2) is 36.4 Å². The molecule has 2 aromatic carbocycles. The Labute approximate surface area is 120 Å². The molecule has 0 spiro atoms. The molecule has 0 aromatic heterocycles. The molecule has 20 heavy (non-hydrogen) atoms. The van der Waals surface area contributed by atoms with Crippen molar-refractivity contribution in [1.82, 2.24) is 5.32 Å². The Morgan fingerprint density at radius 2 is 1.95 bits per heavy atom. The molecule has 2 nitrogen and oxygen atoms in total. The fraction of sp³-hybridized carbons (Fsp3) is 0.133. The zero-order valence-corrected chi connectivity index (χ0v) is 11.5. The third kappa shape index (κ3) is 3.33. The van der Waals surface area contributed by atoms with Crippen molar-refractivity contribution in [3.63, 3.8) is 0 Å². The maximum atomic E-state index is 13.4. The van der Waals surface area contributed by atoms with Crippen LogP contribution in [0.3, 0.4) is 0 Å². The van der Waals surface area contributed by atoms with E-state index in [2.05, 4.69) is 5.32 Å². The van der Waals surface area contributed by atoms with Gasteiger partial charge in [0.2, 0.25) is 0 Å². The largest absolute Gasteiger partial charge is 0.348 e. The van der Waals surface area contributed by atoms with Crippen molar-refractivity contribution < 1.29 is 13.6 Å². The molecule has 0 atom stereocenters. The smallest absolute Gasteiger partial charge is 0.253 e. The van der Waals surface area contributed by atoms with Gasteiger partial charge in [-0.3, -0.25) is 4.79 Å². The Morgan fingerprint density at radius 1 is 1.20 bits per heavy atom. The van der Waals surface area contributed by atoms with Crippen LogP contribution in [0, 0.1) is 18.6 Å². The molecule has 2 rings (SSSR count). The van der Waals surface area contributed by atoms with Gasteiger partial charge in [-0.15, -0.1) is 0 Å². The highest BCUT2D eigenvalue weighted by molar-refractivity contribution is 6.33. The van der Waals surface area contributed by atoms with E-state index >= 15 is 0 Å². The van der Waals surface area contributed by atoms with Gasteiger partial charge in [-0.05, 0) is 42.3 Å². The van der Waals surface area contributed by atoms with E-state index in [0.717, 1.165) is 12.1 Å². The molecule has 0 saturated heterocycles. The van der Waals surface area contributed by atoms with Gasteiger partial charge < -0.3 is 5.32 Å². The normalized spacial score (nSPS) is 10.4. The fourth-order valence-electron chi connectivity index (χ4n) is 1.70. The van der Waals surface area contributed by atoms with Crippen molar-refractivity contribution in [3.8, 4) is 0 Å². The maximum absolute atomic E-state index is 13.4. The molecule has 0 aliphatic heterocycles. The quantitative estimate of drug-likeness (QED) is 0.915. The molecule has 2 aromatic rings. The van der Waals surface area contributed by atoms with Crippen LogP contribution in [0.5, 0.6) is 0 Å². The number of halogens is 3. The lowest BCUT2D eigenvalue weighted by Crippen LogP contribution is -2.23. The summed E-state index contributed by atoms with van der Waals surface area (Å²) in [6.45, 7) is 1.83. The Kier molecular flexibility index (Phi) is 4.35. The number of hydrogen-bond donors (Lipinski definition) is 1. The molecular weight excluding hydrogens is 284 g/mol. The van der Waals surface area contributed by atoms with E-state index in [1.165, 1.54) is 12.1 Å². The molecule has 0 fully saturated rings. The van der Waals surface area contributed by atoms with Gasteiger partial charge in [-0.2, -0.15) is 0 Å². The van der Waals surface area contributed by atoms with E-state index in [1.807, 2.05) is 0 Å². The summed E-state index contributed by atoms with van der Waals surface area (Å²) in [6, 6.07) is 8.27. The average molecular weight is 296 g/mol. The van der Waals surface area contributed by atoms with Gasteiger partial charge in [-0.25, -0.2) is 8.78 Å². The van der Waals surface area contributed by atoms with Crippen LogP contribution in [0.25, 0.3) is 0 Å². The SMILES string of the molecule is Cc1ccc(CNC(=O)c2ccc(F)cc2Cl)cc1F. The van der Waals surface area contributed by atoms with E-state index in [1.54, 1.807) is 19.1 Å². The first-order valence-electron chi connectivity index (χ1n) is 5.95. The molecule has 0 aliphatic rings. The second-order valence-electron chi connectivity index (χ2n) is 4.39. The summed E-state index contributed by atoms with van der Waals surface area (Å²) in [5.41, 5.74) is 1.36. The van der Waals surface area contributed by atoms with Crippen molar-refractivity contribution >= 4 is 17.5 Å². The maximum Gasteiger partial charge on any atom is 0.253 e. The van der Waals surface area contributed by atoms with Crippen LogP contribution in [-0.4, -0.2) is 5.91 Å². The summed E-state index contributed by atoms with van der Waals surface area (Å²) in [4.78, 5) is 11.9. The highest BCUT2D eigenvalue weighted by Gasteiger charge is 2.11. The minimum absolute atomic E-state index is 0.0394. The van der Waals surface area contributed by atoms with E-state index in [-0.39, 0.29) is 22.9 Å². The summed E-state index contributed by atoms with van der Waals surface area (Å²) >= 11 is 5.79. The van der Waals surface area contributed by atoms with Gasteiger partial charge in [0.15, 0.2) is 0 Å². The number of aryl methyl sites for hydroxylation is 1. The third-order valence-electron chi connectivity index (χ3n) is 2.87. The lowest BCUT2D eigenvalue weighted by Gasteiger charge is -2.07. The minimum Gasteiger partial charge on any atom is -0.348 e. The lowest BCUT2D eigenvalue weighted by molar-refractivity contribution is 0.0951. The highest BCUT2D eigenvalue weighted by Crippen LogP contribution is 2.17. The average Bonchev–Trinajstić information content (AvgIpc) is 2.40. The molecule has 1 N–H and O–H groups in total. The topological polar surface area (TPSA) is 29.1 Å². The van der Waals surface area contributed by atoms with Crippen molar-refractivity contribution in [3.05, 3.63) is 69.7 Å². The number of amides is 1. The highest BCUT2D eigenvalue weighted by atomic mass is 35.5. The van der Waals surface area contributed by atoms with Crippen molar-refractivity contribution in [2.75, 3.05) is 0 Å². The van der Waals surface area contributed by atoms with E-state index in [9.17, 15) is 13.6 Å². The van der Waals surface area contributed by atoms with Crippen LogP contribution in [0.1, 0.15) is 21.5 Å². The summed E-state index contributed by atoms with van der Waals surface area (Å²) in [5, 5.41) is 2.65. The summed E-state index contributed by atoms with van der Waals surface area (Å²) < 4.78 is 26.2. The van der Waals surface area contributed by atoms with Crippen LogP contribution in [-0.2, 0) is 6.54 Å². The molecule has 104 valence electrons. The zero-order valence-electron chi connectivity index (χ0n) is 10.7. The number of hydrogen-bond acceptors (Lipinski definition) is 1. The van der Waals surface area contributed by atoms with Gasteiger partial charge in [0.25, 0.3) is 5.91 Å². The molecular formula is C15H12ClF2NO. The lowest BCUT2D eigenvalue weighted by atomic mass is 10.1. The first-order chi connectivity index (χ1) is 9.47. The Bertz CT molecular complexity index is 658. The molecule has 0 bridgehead atoms. The second-order valence-corrected chi connectivity index (χ2v) is 4.80. The van der Waals surface area contributed by atoms with E-state index in [4.69, 9.17) is 11.6 Å². The standard InChI is InChI=1S/C15H12ClF2NO/c1-9-2-3-10(6-14(9)18)8-19-15(20)12-5-4-11(17)7-13(12)16/h2-7H,8H2,1H3,(H,19,20). The number of benzene rings is 2. The molecule has 0 saturated carbocycles. The van der Waals surface area contributed by atoms with Crippen LogP contribution >= 0.6 is 11.6 Å². The predicted octanol–water partition coefficient (Wildman–Crippen LogP) is 3.86. The number of nitrogens with one attached hydrogen (secondary N) is 1. The Hall–Kier alpha value is -1.94. The molecule has 0 unspecified atom stereocenters. The van der Waals surface area contributed by atoms with Crippen molar-refractivity contribution in [2.24, 2.45) is 0 Å².